The molecule has 1 aliphatic heterocycles. The monoisotopic (exact) mass is 225 g/mol. The van der Waals surface area contributed by atoms with Crippen LogP contribution >= 0.6 is 0 Å². The second kappa shape index (κ2) is 5.38. The number of aliphatic hydroxyl groups is 1. The lowest BCUT2D eigenvalue weighted by Crippen LogP contribution is -2.46. The van der Waals surface area contributed by atoms with Crippen LogP contribution in [0.2, 0.25) is 0 Å². The van der Waals surface area contributed by atoms with Crippen LogP contribution in [-0.2, 0) is 13.6 Å². The topological polar surface area (TPSA) is 57.4 Å². The van der Waals surface area contributed by atoms with Gasteiger partial charge in [0.2, 0.25) is 0 Å². The minimum absolute atomic E-state index is 0.253. The van der Waals surface area contributed by atoms with E-state index in [1.165, 1.54) is 0 Å². The molecule has 90 valence electrons. The summed E-state index contributed by atoms with van der Waals surface area (Å²) in [6.07, 6.45) is 1.73. The summed E-state index contributed by atoms with van der Waals surface area (Å²) in [6.45, 7) is 6.03. The first-order valence-electron chi connectivity index (χ1n) is 5.68. The lowest BCUT2D eigenvalue weighted by atomic mass is 10.3. The van der Waals surface area contributed by atoms with E-state index in [1.54, 1.807) is 6.33 Å². The SMILES string of the molecule is Cn1cnnc1CN1CCN(CCO)CC1. The fourth-order valence-corrected chi connectivity index (χ4v) is 1.96. The van der Waals surface area contributed by atoms with Crippen LogP contribution < -0.4 is 0 Å². The minimum atomic E-state index is 0.253. The van der Waals surface area contributed by atoms with Gasteiger partial charge < -0.3 is 9.67 Å². The number of β-amino-alcohol motifs (C(OH)–C–C–N with tert-alkyl or cyclic N) is 1. The normalized spacial score (nSPS) is 19.1. The van der Waals surface area contributed by atoms with Crippen LogP contribution in [0.15, 0.2) is 6.33 Å². The Morgan fingerprint density at radius 2 is 1.94 bits per heavy atom. The fraction of sp³-hybridized carbons (Fsp3) is 0.800. The van der Waals surface area contributed by atoms with E-state index in [0.29, 0.717) is 0 Å². The maximum Gasteiger partial charge on any atom is 0.146 e. The van der Waals surface area contributed by atoms with Gasteiger partial charge >= 0.3 is 0 Å². The second-order valence-electron chi connectivity index (χ2n) is 4.20. The van der Waals surface area contributed by atoms with Gasteiger partial charge in [-0.2, -0.15) is 0 Å². The molecule has 6 heteroatoms. The maximum absolute atomic E-state index is 8.85. The molecule has 6 nitrogen and oxygen atoms in total. The number of hydrogen-bond donors (Lipinski definition) is 1. The molecule has 0 unspecified atom stereocenters. The number of piperazine rings is 1. The van der Waals surface area contributed by atoms with Gasteiger partial charge in [0.1, 0.15) is 12.2 Å². The molecule has 0 aromatic carbocycles. The van der Waals surface area contributed by atoms with Crippen LogP contribution in [0.25, 0.3) is 0 Å². The van der Waals surface area contributed by atoms with Gasteiger partial charge in [-0.3, -0.25) is 9.80 Å². The molecule has 1 fully saturated rings. The van der Waals surface area contributed by atoms with Crippen molar-refractivity contribution in [2.24, 2.45) is 7.05 Å². The van der Waals surface area contributed by atoms with E-state index in [-0.39, 0.29) is 6.61 Å². The van der Waals surface area contributed by atoms with Gasteiger partial charge in [0, 0.05) is 39.8 Å². The average molecular weight is 225 g/mol. The summed E-state index contributed by atoms with van der Waals surface area (Å²) in [7, 11) is 1.97. The van der Waals surface area contributed by atoms with E-state index in [9.17, 15) is 0 Å². The third kappa shape index (κ3) is 2.78. The molecule has 1 saturated heterocycles. The predicted octanol–water partition coefficient (Wildman–Crippen LogP) is -1.07. The summed E-state index contributed by atoms with van der Waals surface area (Å²) in [5.74, 6) is 1.01. The molecular formula is C10H19N5O. The van der Waals surface area contributed by atoms with E-state index < -0.39 is 0 Å². The Kier molecular flexibility index (Phi) is 3.87. The van der Waals surface area contributed by atoms with Crippen LogP contribution in [-0.4, -0.2) is 69.0 Å². The van der Waals surface area contributed by atoms with Gasteiger partial charge in [0.25, 0.3) is 0 Å². The Hall–Kier alpha value is -0.980. The van der Waals surface area contributed by atoms with Crippen molar-refractivity contribution in [2.75, 3.05) is 39.3 Å². The maximum atomic E-state index is 8.85. The highest BCUT2D eigenvalue weighted by Crippen LogP contribution is 2.05. The summed E-state index contributed by atoms with van der Waals surface area (Å²) < 4.78 is 1.96. The molecule has 0 amide bonds. The average Bonchev–Trinajstić information content (AvgIpc) is 2.68. The van der Waals surface area contributed by atoms with Gasteiger partial charge in [-0.25, -0.2) is 0 Å². The molecule has 1 aliphatic rings. The summed E-state index contributed by atoms with van der Waals surface area (Å²) in [5, 5.41) is 16.8. The molecule has 16 heavy (non-hydrogen) atoms. The molecule has 2 rings (SSSR count). The van der Waals surface area contributed by atoms with Crippen LogP contribution in [0.4, 0.5) is 0 Å². The largest absolute Gasteiger partial charge is 0.395 e. The van der Waals surface area contributed by atoms with E-state index >= 15 is 0 Å². The Labute approximate surface area is 95.5 Å². The van der Waals surface area contributed by atoms with Gasteiger partial charge in [-0.1, -0.05) is 0 Å². The first-order valence-corrected chi connectivity index (χ1v) is 5.68. The predicted molar refractivity (Wildman–Crippen MR) is 59.8 cm³/mol. The highest BCUT2D eigenvalue weighted by atomic mass is 16.3. The summed E-state index contributed by atoms with van der Waals surface area (Å²) in [5.41, 5.74) is 0. The Morgan fingerprint density at radius 3 is 2.50 bits per heavy atom. The third-order valence-electron chi connectivity index (χ3n) is 3.05. The number of aryl methyl sites for hydroxylation is 1. The van der Waals surface area contributed by atoms with Crippen LogP contribution in [0.3, 0.4) is 0 Å². The molecular weight excluding hydrogens is 206 g/mol. The van der Waals surface area contributed by atoms with Crippen molar-refractivity contribution in [3.8, 4) is 0 Å². The van der Waals surface area contributed by atoms with Crippen molar-refractivity contribution < 1.29 is 5.11 Å². The van der Waals surface area contributed by atoms with Gasteiger partial charge in [0.05, 0.1) is 13.2 Å². The number of aliphatic hydroxyl groups excluding tert-OH is 1. The number of rotatable bonds is 4. The number of hydrogen-bond acceptors (Lipinski definition) is 5. The van der Waals surface area contributed by atoms with Crippen LogP contribution in [0.5, 0.6) is 0 Å². The third-order valence-corrected chi connectivity index (χ3v) is 3.05. The van der Waals surface area contributed by atoms with Crippen molar-refractivity contribution in [3.63, 3.8) is 0 Å². The molecule has 0 aliphatic carbocycles. The standard InChI is InChI=1S/C10H19N5O/c1-13-9-11-12-10(13)8-15-4-2-14(3-5-15)6-7-16/h9,16H,2-8H2,1H3. The molecule has 2 heterocycles. The Morgan fingerprint density at radius 1 is 1.25 bits per heavy atom. The molecule has 0 atom stereocenters. The number of nitrogens with zero attached hydrogens (tertiary/aromatic N) is 5. The summed E-state index contributed by atoms with van der Waals surface area (Å²) in [4.78, 5) is 4.66. The van der Waals surface area contributed by atoms with E-state index in [0.717, 1.165) is 45.1 Å². The molecule has 0 saturated carbocycles. The Balaban J connectivity index is 1.79. The summed E-state index contributed by atoms with van der Waals surface area (Å²) >= 11 is 0. The van der Waals surface area contributed by atoms with Crippen molar-refractivity contribution in [3.05, 3.63) is 12.2 Å². The molecule has 1 aromatic heterocycles. The van der Waals surface area contributed by atoms with Crippen molar-refractivity contribution in [1.29, 1.82) is 0 Å². The zero-order valence-electron chi connectivity index (χ0n) is 9.71. The quantitative estimate of drug-likeness (QED) is 0.707. The zero-order chi connectivity index (χ0) is 11.4. The van der Waals surface area contributed by atoms with Crippen molar-refractivity contribution in [1.82, 2.24) is 24.6 Å². The fourth-order valence-electron chi connectivity index (χ4n) is 1.96. The number of aromatic nitrogens is 3. The smallest absolute Gasteiger partial charge is 0.146 e. The lowest BCUT2D eigenvalue weighted by Gasteiger charge is -2.33. The first-order chi connectivity index (χ1) is 7.79. The van der Waals surface area contributed by atoms with Crippen LogP contribution in [0.1, 0.15) is 5.82 Å². The molecule has 0 radical (unpaired) electrons. The summed E-state index contributed by atoms with van der Waals surface area (Å²) in [6, 6.07) is 0. The second-order valence-corrected chi connectivity index (χ2v) is 4.20. The van der Waals surface area contributed by atoms with Gasteiger partial charge in [0.15, 0.2) is 0 Å². The van der Waals surface area contributed by atoms with E-state index in [2.05, 4.69) is 20.0 Å². The van der Waals surface area contributed by atoms with E-state index in [4.69, 9.17) is 5.11 Å². The van der Waals surface area contributed by atoms with Crippen molar-refractivity contribution >= 4 is 0 Å². The Bertz CT molecular complexity index is 319. The first kappa shape index (κ1) is 11.5. The lowest BCUT2D eigenvalue weighted by molar-refractivity contribution is 0.106. The minimum Gasteiger partial charge on any atom is -0.395 e. The molecule has 1 aromatic rings. The highest BCUT2D eigenvalue weighted by Gasteiger charge is 2.17. The van der Waals surface area contributed by atoms with E-state index in [1.807, 2.05) is 11.6 Å². The zero-order valence-corrected chi connectivity index (χ0v) is 9.71. The molecule has 0 bridgehead atoms. The molecule has 0 spiro atoms. The van der Waals surface area contributed by atoms with Crippen LogP contribution in [0, 0.1) is 0 Å². The van der Waals surface area contributed by atoms with Gasteiger partial charge in [-0.15, -0.1) is 10.2 Å². The van der Waals surface area contributed by atoms with Crippen molar-refractivity contribution in [2.45, 2.75) is 6.54 Å². The van der Waals surface area contributed by atoms with Gasteiger partial charge in [-0.05, 0) is 0 Å². The highest BCUT2D eigenvalue weighted by molar-refractivity contribution is 4.85. The molecule has 1 N–H and O–H groups in total.